The first kappa shape index (κ1) is 13.8. The molecule has 1 unspecified atom stereocenters. The molecule has 0 saturated carbocycles. The SMILES string of the molecule is CN(C)c1nc(N)nc(NC2CCOC(C)(C)C2)n1. The molecule has 1 aliphatic rings. The van der Waals surface area contributed by atoms with Gasteiger partial charge in [0.25, 0.3) is 0 Å². The van der Waals surface area contributed by atoms with Gasteiger partial charge in [0.2, 0.25) is 17.8 Å². The lowest BCUT2D eigenvalue weighted by atomic mass is 9.94. The maximum atomic E-state index is 5.70. The number of nitrogen functional groups attached to an aromatic ring is 1. The molecule has 1 aromatic rings. The summed E-state index contributed by atoms with van der Waals surface area (Å²) in [7, 11) is 3.74. The zero-order chi connectivity index (χ0) is 14.0. The van der Waals surface area contributed by atoms with Crippen LogP contribution < -0.4 is 16.0 Å². The second-order valence-corrected chi connectivity index (χ2v) is 5.65. The van der Waals surface area contributed by atoms with E-state index in [2.05, 4.69) is 34.1 Å². The lowest BCUT2D eigenvalue weighted by Gasteiger charge is -2.35. The van der Waals surface area contributed by atoms with Crippen LogP contribution >= 0.6 is 0 Å². The fourth-order valence-corrected chi connectivity index (χ4v) is 2.18. The van der Waals surface area contributed by atoms with Crippen LogP contribution in [0, 0.1) is 0 Å². The van der Waals surface area contributed by atoms with Crippen LogP contribution in [0.1, 0.15) is 26.7 Å². The van der Waals surface area contributed by atoms with Crippen molar-refractivity contribution in [3.05, 3.63) is 0 Å². The largest absolute Gasteiger partial charge is 0.375 e. The Morgan fingerprint density at radius 1 is 1.32 bits per heavy atom. The molecule has 1 saturated heterocycles. The summed E-state index contributed by atoms with van der Waals surface area (Å²) >= 11 is 0. The molecule has 0 amide bonds. The lowest BCUT2D eigenvalue weighted by Crippen LogP contribution is -2.40. The van der Waals surface area contributed by atoms with Gasteiger partial charge in [-0.3, -0.25) is 0 Å². The van der Waals surface area contributed by atoms with E-state index in [-0.39, 0.29) is 11.5 Å². The van der Waals surface area contributed by atoms with Crippen molar-refractivity contribution < 1.29 is 4.74 Å². The highest BCUT2D eigenvalue weighted by Gasteiger charge is 2.29. The summed E-state index contributed by atoms with van der Waals surface area (Å²) in [5.74, 6) is 1.31. The van der Waals surface area contributed by atoms with Crippen molar-refractivity contribution in [2.45, 2.75) is 38.3 Å². The van der Waals surface area contributed by atoms with E-state index in [1.54, 1.807) is 4.90 Å². The zero-order valence-corrected chi connectivity index (χ0v) is 12.0. The van der Waals surface area contributed by atoms with Crippen molar-refractivity contribution >= 4 is 17.8 Å². The predicted molar refractivity (Wildman–Crippen MR) is 75.2 cm³/mol. The van der Waals surface area contributed by atoms with Gasteiger partial charge in [0.1, 0.15) is 0 Å². The number of hydrogen-bond acceptors (Lipinski definition) is 7. The van der Waals surface area contributed by atoms with E-state index in [4.69, 9.17) is 10.5 Å². The van der Waals surface area contributed by atoms with Gasteiger partial charge in [-0.15, -0.1) is 0 Å². The second-order valence-electron chi connectivity index (χ2n) is 5.65. The average molecular weight is 266 g/mol. The third-order valence-corrected chi connectivity index (χ3v) is 3.07. The van der Waals surface area contributed by atoms with E-state index in [9.17, 15) is 0 Å². The molecule has 3 N–H and O–H groups in total. The minimum Gasteiger partial charge on any atom is -0.375 e. The highest BCUT2D eigenvalue weighted by molar-refractivity contribution is 5.41. The van der Waals surface area contributed by atoms with Gasteiger partial charge in [-0.1, -0.05) is 0 Å². The molecule has 2 heterocycles. The van der Waals surface area contributed by atoms with Crippen LogP contribution in [0.5, 0.6) is 0 Å². The van der Waals surface area contributed by atoms with E-state index in [1.165, 1.54) is 0 Å². The van der Waals surface area contributed by atoms with Crippen LogP contribution in [-0.2, 0) is 4.74 Å². The van der Waals surface area contributed by atoms with Gasteiger partial charge in [0, 0.05) is 26.7 Å². The van der Waals surface area contributed by atoms with Gasteiger partial charge < -0.3 is 20.7 Å². The summed E-state index contributed by atoms with van der Waals surface area (Å²) in [4.78, 5) is 14.4. The van der Waals surface area contributed by atoms with E-state index in [0.717, 1.165) is 19.4 Å². The predicted octanol–water partition coefficient (Wildman–Crippen LogP) is 0.889. The molecule has 7 nitrogen and oxygen atoms in total. The van der Waals surface area contributed by atoms with Gasteiger partial charge in [0.05, 0.1) is 5.60 Å². The number of nitrogens with two attached hydrogens (primary N) is 1. The normalized spacial score (nSPS) is 22.0. The third kappa shape index (κ3) is 3.66. The minimum absolute atomic E-state index is 0.112. The van der Waals surface area contributed by atoms with Crippen molar-refractivity contribution in [1.82, 2.24) is 15.0 Å². The molecule has 0 radical (unpaired) electrons. The summed E-state index contributed by atoms with van der Waals surface area (Å²) < 4.78 is 5.69. The molecule has 1 fully saturated rings. The molecule has 1 aliphatic heterocycles. The van der Waals surface area contributed by atoms with Crippen molar-refractivity contribution in [3.8, 4) is 0 Å². The number of anilines is 3. The van der Waals surface area contributed by atoms with Crippen LogP contribution in [0.25, 0.3) is 0 Å². The van der Waals surface area contributed by atoms with Gasteiger partial charge >= 0.3 is 0 Å². The number of rotatable bonds is 3. The van der Waals surface area contributed by atoms with E-state index in [0.29, 0.717) is 17.9 Å². The Hall–Kier alpha value is -1.63. The number of ether oxygens (including phenoxy) is 1. The summed E-state index contributed by atoms with van der Waals surface area (Å²) in [5, 5.41) is 3.32. The first-order valence-corrected chi connectivity index (χ1v) is 6.45. The minimum atomic E-state index is -0.112. The first-order chi connectivity index (χ1) is 8.85. The Labute approximate surface area is 113 Å². The molecular formula is C12H22N6O. The molecule has 0 spiro atoms. The molecule has 19 heavy (non-hydrogen) atoms. The third-order valence-electron chi connectivity index (χ3n) is 3.07. The fraction of sp³-hybridized carbons (Fsp3) is 0.750. The van der Waals surface area contributed by atoms with Crippen LogP contribution in [0.15, 0.2) is 0 Å². The lowest BCUT2D eigenvalue weighted by molar-refractivity contribution is -0.0553. The highest BCUT2D eigenvalue weighted by Crippen LogP contribution is 2.25. The van der Waals surface area contributed by atoms with Crippen molar-refractivity contribution in [2.75, 3.05) is 36.7 Å². The maximum absolute atomic E-state index is 5.70. The van der Waals surface area contributed by atoms with Crippen LogP contribution in [-0.4, -0.2) is 47.3 Å². The van der Waals surface area contributed by atoms with Crippen LogP contribution in [0.2, 0.25) is 0 Å². The standard InChI is InChI=1S/C12H22N6O/c1-12(2)7-8(5-6-19-12)14-10-15-9(13)16-11(17-10)18(3)4/h8H,5-7H2,1-4H3,(H3,13,14,15,16,17). The molecule has 106 valence electrons. The van der Waals surface area contributed by atoms with Gasteiger partial charge in [0.15, 0.2) is 0 Å². The van der Waals surface area contributed by atoms with Crippen molar-refractivity contribution in [2.24, 2.45) is 0 Å². The van der Waals surface area contributed by atoms with Gasteiger partial charge in [-0.25, -0.2) is 0 Å². The zero-order valence-electron chi connectivity index (χ0n) is 12.0. The highest BCUT2D eigenvalue weighted by atomic mass is 16.5. The average Bonchev–Trinajstić information content (AvgIpc) is 2.26. The van der Waals surface area contributed by atoms with Crippen molar-refractivity contribution in [1.29, 1.82) is 0 Å². The Morgan fingerprint density at radius 3 is 2.68 bits per heavy atom. The summed E-state index contributed by atoms with van der Waals surface area (Å²) in [6, 6.07) is 0.292. The quantitative estimate of drug-likeness (QED) is 0.839. The van der Waals surface area contributed by atoms with Gasteiger partial charge in [-0.2, -0.15) is 15.0 Å². The van der Waals surface area contributed by atoms with Crippen LogP contribution in [0.4, 0.5) is 17.8 Å². The second kappa shape index (κ2) is 5.16. The molecule has 2 rings (SSSR count). The maximum Gasteiger partial charge on any atom is 0.231 e. The molecule has 1 aromatic heterocycles. The number of hydrogen-bond donors (Lipinski definition) is 2. The molecule has 0 bridgehead atoms. The smallest absolute Gasteiger partial charge is 0.231 e. The number of nitrogens with zero attached hydrogens (tertiary/aromatic N) is 4. The number of aromatic nitrogens is 3. The summed E-state index contributed by atoms with van der Waals surface area (Å²) in [5.41, 5.74) is 5.59. The van der Waals surface area contributed by atoms with E-state index >= 15 is 0 Å². The fourth-order valence-electron chi connectivity index (χ4n) is 2.18. The summed E-state index contributed by atoms with van der Waals surface area (Å²) in [6.45, 7) is 4.92. The Bertz CT molecular complexity index is 448. The van der Waals surface area contributed by atoms with Crippen LogP contribution in [0.3, 0.4) is 0 Å². The Balaban J connectivity index is 2.10. The number of nitrogens with one attached hydrogen (secondary N) is 1. The van der Waals surface area contributed by atoms with Gasteiger partial charge in [-0.05, 0) is 26.7 Å². The molecule has 1 atom stereocenters. The topological polar surface area (TPSA) is 89.2 Å². The Kier molecular flexibility index (Phi) is 3.75. The molecule has 7 heteroatoms. The van der Waals surface area contributed by atoms with E-state index < -0.39 is 0 Å². The molecule has 0 aromatic carbocycles. The monoisotopic (exact) mass is 266 g/mol. The molecular weight excluding hydrogens is 244 g/mol. The van der Waals surface area contributed by atoms with Crippen molar-refractivity contribution in [3.63, 3.8) is 0 Å². The Morgan fingerprint density at radius 2 is 2.05 bits per heavy atom. The molecule has 0 aliphatic carbocycles. The summed E-state index contributed by atoms with van der Waals surface area (Å²) in [6.07, 6.45) is 1.85. The first-order valence-electron chi connectivity index (χ1n) is 6.45. The van der Waals surface area contributed by atoms with E-state index in [1.807, 2.05) is 14.1 Å².